The number of hydrogen-bond acceptors (Lipinski definition) is 4. The predicted octanol–water partition coefficient (Wildman–Crippen LogP) is 4.61. The normalized spacial score (nSPS) is 20.7. The molecule has 21 heavy (non-hydrogen) atoms. The Kier molecular flexibility index (Phi) is 4.08. The molecule has 2 unspecified atom stereocenters. The molecule has 5 heteroatoms. The molecule has 1 aliphatic heterocycles. The van der Waals surface area contributed by atoms with Gasteiger partial charge in [-0.25, -0.2) is 0 Å². The van der Waals surface area contributed by atoms with E-state index in [1.807, 2.05) is 42.6 Å². The zero-order valence-electron chi connectivity index (χ0n) is 11.4. The second-order valence-corrected chi connectivity index (χ2v) is 6.35. The number of phenolic OH excluding ortho intramolecular Hbond substituents is 1. The van der Waals surface area contributed by atoms with Gasteiger partial charge in [0.25, 0.3) is 0 Å². The number of thioether (sulfide) groups is 1. The zero-order valence-corrected chi connectivity index (χ0v) is 12.9. The van der Waals surface area contributed by atoms with Crippen LogP contribution in [0.3, 0.4) is 0 Å². The Bertz CT molecular complexity index is 672. The van der Waals surface area contributed by atoms with Gasteiger partial charge in [-0.3, -0.25) is 4.99 Å². The molecule has 0 aromatic heterocycles. The lowest BCUT2D eigenvalue weighted by atomic mass is 10.1. The third kappa shape index (κ3) is 3.01. The fraction of sp³-hybridized carbons (Fsp3) is 0.188. The van der Waals surface area contributed by atoms with Crippen molar-refractivity contribution in [3.63, 3.8) is 0 Å². The molecular formula is C16H14ClNO2S. The van der Waals surface area contributed by atoms with Crippen molar-refractivity contribution < 1.29 is 9.84 Å². The molecule has 0 fully saturated rings. The molecule has 2 atom stereocenters. The number of aliphatic imine (C=N–C) groups is 1. The molecule has 108 valence electrons. The van der Waals surface area contributed by atoms with E-state index in [0.29, 0.717) is 5.75 Å². The molecule has 1 heterocycles. The summed E-state index contributed by atoms with van der Waals surface area (Å²) in [5.74, 6) is 0.631. The first-order valence-electron chi connectivity index (χ1n) is 6.48. The Morgan fingerprint density at radius 1 is 1.14 bits per heavy atom. The first-order chi connectivity index (χ1) is 10.2. The van der Waals surface area contributed by atoms with Gasteiger partial charge >= 0.3 is 0 Å². The zero-order chi connectivity index (χ0) is 14.8. The molecule has 3 rings (SSSR count). The second-order valence-electron chi connectivity index (χ2n) is 4.69. The van der Waals surface area contributed by atoms with Crippen LogP contribution < -0.4 is 4.74 Å². The summed E-state index contributed by atoms with van der Waals surface area (Å²) in [6.45, 7) is 0. The summed E-state index contributed by atoms with van der Waals surface area (Å²) >= 11 is 7.65. The van der Waals surface area contributed by atoms with E-state index < -0.39 is 0 Å². The Balaban J connectivity index is 1.78. The number of ether oxygens (including phenoxy) is 1. The molecule has 1 aliphatic rings. The van der Waals surface area contributed by atoms with Crippen LogP contribution in [0.2, 0.25) is 5.02 Å². The number of hydrogen-bond donors (Lipinski definition) is 1. The SMILES string of the molecule is COc1cc(C2C=NC(c3ccc(Cl)cc3)S2)ccc1O. The van der Waals surface area contributed by atoms with Crippen LogP contribution in [0, 0.1) is 0 Å². The van der Waals surface area contributed by atoms with Gasteiger partial charge in [0.05, 0.1) is 12.4 Å². The minimum atomic E-state index is 0.0760. The Morgan fingerprint density at radius 3 is 2.57 bits per heavy atom. The highest BCUT2D eigenvalue weighted by atomic mass is 35.5. The summed E-state index contributed by atoms with van der Waals surface area (Å²) in [5, 5.41) is 10.6. The summed E-state index contributed by atoms with van der Waals surface area (Å²) in [6.07, 6.45) is 1.94. The maximum Gasteiger partial charge on any atom is 0.160 e. The van der Waals surface area contributed by atoms with Gasteiger partial charge in [-0.2, -0.15) is 0 Å². The maximum atomic E-state index is 9.66. The molecule has 0 amide bonds. The number of aromatic hydroxyl groups is 1. The van der Waals surface area contributed by atoms with E-state index in [1.54, 1.807) is 24.9 Å². The molecule has 0 aliphatic carbocycles. The van der Waals surface area contributed by atoms with E-state index in [0.717, 1.165) is 16.1 Å². The van der Waals surface area contributed by atoms with Gasteiger partial charge in [0.1, 0.15) is 5.37 Å². The lowest BCUT2D eigenvalue weighted by Crippen LogP contribution is -1.94. The van der Waals surface area contributed by atoms with Crippen molar-refractivity contribution in [1.29, 1.82) is 0 Å². The fourth-order valence-corrected chi connectivity index (χ4v) is 3.50. The lowest BCUT2D eigenvalue weighted by molar-refractivity contribution is 0.373. The topological polar surface area (TPSA) is 41.8 Å². The standard InChI is InChI=1S/C16H14ClNO2S/c1-20-14-8-11(4-7-13(14)19)15-9-18-16(21-15)10-2-5-12(17)6-3-10/h2-9,15-16,19H,1H3. The highest BCUT2D eigenvalue weighted by Gasteiger charge is 2.24. The number of rotatable bonds is 3. The van der Waals surface area contributed by atoms with Gasteiger partial charge in [0.15, 0.2) is 11.5 Å². The highest BCUT2D eigenvalue weighted by Crippen LogP contribution is 2.46. The number of benzene rings is 2. The Labute approximate surface area is 132 Å². The van der Waals surface area contributed by atoms with Crippen molar-refractivity contribution in [3.05, 3.63) is 58.6 Å². The third-order valence-corrected chi connectivity index (χ3v) is 4.91. The van der Waals surface area contributed by atoms with Crippen LogP contribution in [0.1, 0.15) is 21.8 Å². The summed E-state index contributed by atoms with van der Waals surface area (Å²) in [6, 6.07) is 13.1. The molecule has 0 bridgehead atoms. The van der Waals surface area contributed by atoms with Crippen LogP contribution in [-0.2, 0) is 0 Å². The van der Waals surface area contributed by atoms with Crippen molar-refractivity contribution in [2.24, 2.45) is 4.99 Å². The molecule has 2 aromatic rings. The summed E-state index contributed by atoms with van der Waals surface area (Å²) < 4.78 is 5.15. The van der Waals surface area contributed by atoms with Crippen molar-refractivity contribution in [3.8, 4) is 11.5 Å². The lowest BCUT2D eigenvalue weighted by Gasteiger charge is -2.12. The second kappa shape index (κ2) is 6.00. The number of halogens is 1. The van der Waals surface area contributed by atoms with Crippen LogP contribution >= 0.6 is 23.4 Å². The van der Waals surface area contributed by atoms with E-state index in [-0.39, 0.29) is 16.4 Å². The first kappa shape index (κ1) is 14.3. The quantitative estimate of drug-likeness (QED) is 0.898. The van der Waals surface area contributed by atoms with Gasteiger partial charge in [-0.1, -0.05) is 29.8 Å². The Morgan fingerprint density at radius 2 is 1.86 bits per heavy atom. The summed E-state index contributed by atoms with van der Waals surface area (Å²) in [4.78, 5) is 4.56. The molecule has 0 radical (unpaired) electrons. The predicted molar refractivity (Wildman–Crippen MR) is 87.7 cm³/mol. The number of phenols is 1. The molecule has 0 spiro atoms. The van der Waals surface area contributed by atoms with Crippen LogP contribution in [0.5, 0.6) is 11.5 Å². The van der Waals surface area contributed by atoms with Gasteiger partial charge in [0.2, 0.25) is 0 Å². The van der Waals surface area contributed by atoms with Crippen LogP contribution in [0.4, 0.5) is 0 Å². The van der Waals surface area contributed by atoms with Crippen LogP contribution in [0.25, 0.3) is 0 Å². The molecule has 1 N–H and O–H groups in total. The van der Waals surface area contributed by atoms with Crippen molar-refractivity contribution in [1.82, 2.24) is 0 Å². The van der Waals surface area contributed by atoms with E-state index in [9.17, 15) is 5.11 Å². The van der Waals surface area contributed by atoms with E-state index >= 15 is 0 Å². The number of nitrogens with zero attached hydrogens (tertiary/aromatic N) is 1. The minimum Gasteiger partial charge on any atom is -0.504 e. The molecular weight excluding hydrogens is 306 g/mol. The monoisotopic (exact) mass is 319 g/mol. The number of methoxy groups -OCH3 is 1. The van der Waals surface area contributed by atoms with Gasteiger partial charge in [-0.05, 0) is 35.4 Å². The van der Waals surface area contributed by atoms with Gasteiger partial charge in [-0.15, -0.1) is 11.8 Å². The van der Waals surface area contributed by atoms with Crippen molar-refractivity contribution >= 4 is 29.6 Å². The average Bonchev–Trinajstić information content (AvgIpc) is 2.98. The highest BCUT2D eigenvalue weighted by molar-refractivity contribution is 8.00. The molecule has 2 aromatic carbocycles. The smallest absolute Gasteiger partial charge is 0.160 e. The maximum absolute atomic E-state index is 9.66. The van der Waals surface area contributed by atoms with Gasteiger partial charge < -0.3 is 9.84 Å². The largest absolute Gasteiger partial charge is 0.504 e. The van der Waals surface area contributed by atoms with Gasteiger partial charge in [0, 0.05) is 11.2 Å². The van der Waals surface area contributed by atoms with Crippen molar-refractivity contribution in [2.45, 2.75) is 10.6 Å². The molecule has 0 saturated carbocycles. The Hall–Kier alpha value is -1.65. The first-order valence-corrected chi connectivity index (χ1v) is 7.80. The van der Waals surface area contributed by atoms with Crippen LogP contribution in [-0.4, -0.2) is 18.4 Å². The minimum absolute atomic E-state index is 0.0760. The van der Waals surface area contributed by atoms with E-state index in [2.05, 4.69) is 4.99 Å². The third-order valence-electron chi connectivity index (χ3n) is 3.32. The molecule has 0 saturated heterocycles. The van der Waals surface area contributed by atoms with E-state index in [4.69, 9.17) is 16.3 Å². The van der Waals surface area contributed by atoms with Crippen molar-refractivity contribution in [2.75, 3.05) is 7.11 Å². The van der Waals surface area contributed by atoms with Crippen LogP contribution in [0.15, 0.2) is 47.5 Å². The summed E-state index contributed by atoms with van der Waals surface area (Å²) in [7, 11) is 1.55. The summed E-state index contributed by atoms with van der Waals surface area (Å²) in [5.41, 5.74) is 2.20. The molecule has 3 nitrogen and oxygen atoms in total. The average molecular weight is 320 g/mol. The fourth-order valence-electron chi connectivity index (χ4n) is 2.19. The van der Waals surface area contributed by atoms with E-state index in [1.165, 1.54) is 0 Å².